The number of hydrogen-bond donors (Lipinski definition) is 0. The summed E-state index contributed by atoms with van der Waals surface area (Å²) in [6.07, 6.45) is 0.0706. The van der Waals surface area contributed by atoms with Crippen molar-refractivity contribution in [3.63, 3.8) is 0 Å². The van der Waals surface area contributed by atoms with Gasteiger partial charge in [-0.2, -0.15) is 0 Å². The van der Waals surface area contributed by atoms with Crippen molar-refractivity contribution in [2.45, 2.75) is 20.0 Å². The van der Waals surface area contributed by atoms with Crippen molar-refractivity contribution in [1.29, 1.82) is 0 Å². The Balaban J connectivity index is 1.48. The summed E-state index contributed by atoms with van der Waals surface area (Å²) in [6.45, 7) is 2.84. The highest BCUT2D eigenvalue weighted by molar-refractivity contribution is 5.96. The zero-order valence-corrected chi connectivity index (χ0v) is 15.9. The van der Waals surface area contributed by atoms with Gasteiger partial charge in [0.25, 0.3) is 0 Å². The molecule has 29 heavy (non-hydrogen) atoms. The SMILES string of the molecule is CCOC(=O)c1oc2ccccc2c1COC(=O)Cc1ccc2c(c1)OCCO2. The van der Waals surface area contributed by atoms with Gasteiger partial charge in [0.05, 0.1) is 18.6 Å². The molecular weight excluding hydrogens is 376 g/mol. The van der Waals surface area contributed by atoms with Crippen LogP contribution in [-0.2, 0) is 27.3 Å². The average Bonchev–Trinajstić information content (AvgIpc) is 3.11. The third kappa shape index (κ3) is 4.03. The lowest BCUT2D eigenvalue weighted by Crippen LogP contribution is -2.16. The fraction of sp³-hybridized carbons (Fsp3) is 0.273. The summed E-state index contributed by atoms with van der Waals surface area (Å²) in [4.78, 5) is 24.6. The first-order valence-electron chi connectivity index (χ1n) is 9.37. The molecule has 1 aliphatic heterocycles. The highest BCUT2D eigenvalue weighted by Gasteiger charge is 2.23. The molecule has 0 fully saturated rings. The lowest BCUT2D eigenvalue weighted by molar-refractivity contribution is -0.144. The molecule has 7 nitrogen and oxygen atoms in total. The van der Waals surface area contributed by atoms with E-state index < -0.39 is 11.9 Å². The second-order valence-electron chi connectivity index (χ2n) is 6.44. The van der Waals surface area contributed by atoms with E-state index in [1.165, 1.54) is 0 Å². The first-order valence-corrected chi connectivity index (χ1v) is 9.37. The maximum absolute atomic E-state index is 12.4. The molecule has 3 aromatic rings. The molecule has 0 radical (unpaired) electrons. The molecule has 0 atom stereocenters. The minimum absolute atomic E-state index is 0.0557. The summed E-state index contributed by atoms with van der Waals surface area (Å²) in [5.41, 5.74) is 1.78. The molecule has 0 unspecified atom stereocenters. The summed E-state index contributed by atoms with van der Waals surface area (Å²) in [6, 6.07) is 12.5. The predicted octanol–water partition coefficient (Wildman–Crippen LogP) is 3.67. The van der Waals surface area contributed by atoms with Crippen molar-refractivity contribution in [2.24, 2.45) is 0 Å². The van der Waals surface area contributed by atoms with Crippen LogP contribution in [0.15, 0.2) is 46.9 Å². The Kier molecular flexibility index (Phi) is 5.37. The molecule has 4 rings (SSSR count). The van der Waals surface area contributed by atoms with E-state index in [1.54, 1.807) is 37.3 Å². The van der Waals surface area contributed by atoms with Gasteiger partial charge >= 0.3 is 11.9 Å². The Hall–Kier alpha value is -3.48. The van der Waals surface area contributed by atoms with Crippen LogP contribution in [0.2, 0.25) is 0 Å². The van der Waals surface area contributed by atoms with Gasteiger partial charge in [-0.1, -0.05) is 24.3 Å². The first-order chi connectivity index (χ1) is 14.2. The summed E-state index contributed by atoms with van der Waals surface area (Å²) in [5.74, 6) is 0.327. The van der Waals surface area contributed by atoms with Gasteiger partial charge in [-0.25, -0.2) is 4.79 Å². The van der Waals surface area contributed by atoms with Gasteiger partial charge in [0.2, 0.25) is 5.76 Å². The predicted molar refractivity (Wildman–Crippen MR) is 103 cm³/mol. The molecule has 1 aromatic heterocycles. The van der Waals surface area contributed by atoms with E-state index in [-0.39, 0.29) is 25.4 Å². The van der Waals surface area contributed by atoms with E-state index in [2.05, 4.69) is 0 Å². The second-order valence-corrected chi connectivity index (χ2v) is 6.44. The molecule has 0 N–H and O–H groups in total. The van der Waals surface area contributed by atoms with Crippen LogP contribution in [0.5, 0.6) is 11.5 Å². The highest BCUT2D eigenvalue weighted by atomic mass is 16.6. The van der Waals surface area contributed by atoms with Crippen molar-refractivity contribution in [3.05, 3.63) is 59.4 Å². The number of fused-ring (bicyclic) bond motifs is 2. The maximum atomic E-state index is 12.4. The lowest BCUT2D eigenvalue weighted by atomic mass is 10.1. The number of carbonyl (C=O) groups is 2. The quantitative estimate of drug-likeness (QED) is 0.588. The Labute approximate surface area is 167 Å². The smallest absolute Gasteiger partial charge is 0.374 e. The first kappa shape index (κ1) is 18.9. The van der Waals surface area contributed by atoms with Gasteiger partial charge in [0, 0.05) is 5.39 Å². The number of rotatable bonds is 6. The summed E-state index contributed by atoms with van der Waals surface area (Å²) < 4.78 is 27.1. The minimum Gasteiger partial charge on any atom is -0.486 e. The van der Waals surface area contributed by atoms with E-state index in [0.717, 1.165) is 5.56 Å². The third-order valence-corrected chi connectivity index (χ3v) is 4.49. The standard InChI is InChI=1S/C22H20O7/c1-2-25-22(24)21-16(15-5-3-4-6-17(15)29-21)13-28-20(23)12-14-7-8-18-19(11-14)27-10-9-26-18/h3-8,11H,2,9-10,12-13H2,1H3. The fourth-order valence-electron chi connectivity index (χ4n) is 3.17. The van der Waals surface area contributed by atoms with E-state index >= 15 is 0 Å². The molecule has 0 amide bonds. The summed E-state index contributed by atoms with van der Waals surface area (Å²) in [7, 11) is 0. The maximum Gasteiger partial charge on any atom is 0.374 e. The number of esters is 2. The lowest BCUT2D eigenvalue weighted by Gasteiger charge is -2.18. The number of benzene rings is 2. The van der Waals surface area contributed by atoms with Crippen molar-refractivity contribution < 1.29 is 33.0 Å². The average molecular weight is 396 g/mol. The Bertz CT molecular complexity index is 1050. The van der Waals surface area contributed by atoms with Crippen molar-refractivity contribution in [1.82, 2.24) is 0 Å². The highest BCUT2D eigenvalue weighted by Crippen LogP contribution is 2.31. The molecule has 2 aromatic carbocycles. The topological polar surface area (TPSA) is 84.2 Å². The van der Waals surface area contributed by atoms with Gasteiger partial charge in [0.1, 0.15) is 25.4 Å². The summed E-state index contributed by atoms with van der Waals surface area (Å²) in [5, 5.41) is 0.711. The Morgan fingerprint density at radius 1 is 1.00 bits per heavy atom. The molecular formula is C22H20O7. The van der Waals surface area contributed by atoms with Gasteiger partial charge in [-0.3, -0.25) is 4.79 Å². The molecule has 0 aliphatic carbocycles. The van der Waals surface area contributed by atoms with E-state index in [4.69, 9.17) is 23.4 Å². The van der Waals surface area contributed by atoms with Gasteiger partial charge in [-0.05, 0) is 30.7 Å². The number of para-hydroxylation sites is 1. The third-order valence-electron chi connectivity index (χ3n) is 4.49. The number of hydrogen-bond acceptors (Lipinski definition) is 7. The van der Waals surface area contributed by atoms with Crippen molar-refractivity contribution in [2.75, 3.05) is 19.8 Å². The monoisotopic (exact) mass is 396 g/mol. The normalized spacial score (nSPS) is 12.6. The summed E-state index contributed by atoms with van der Waals surface area (Å²) >= 11 is 0. The molecule has 0 saturated carbocycles. The van der Waals surface area contributed by atoms with E-state index in [0.29, 0.717) is 41.2 Å². The van der Waals surface area contributed by atoms with Crippen LogP contribution in [0.25, 0.3) is 11.0 Å². The Morgan fingerprint density at radius 3 is 2.62 bits per heavy atom. The zero-order chi connectivity index (χ0) is 20.2. The zero-order valence-electron chi connectivity index (χ0n) is 15.9. The fourth-order valence-corrected chi connectivity index (χ4v) is 3.17. The molecule has 150 valence electrons. The van der Waals surface area contributed by atoms with Crippen molar-refractivity contribution >= 4 is 22.9 Å². The number of carbonyl (C=O) groups excluding carboxylic acids is 2. The van der Waals surface area contributed by atoms with Crippen LogP contribution < -0.4 is 9.47 Å². The molecule has 0 saturated heterocycles. The molecule has 0 bridgehead atoms. The van der Waals surface area contributed by atoms with Crippen LogP contribution >= 0.6 is 0 Å². The van der Waals surface area contributed by atoms with Crippen molar-refractivity contribution in [3.8, 4) is 11.5 Å². The van der Waals surface area contributed by atoms with Crippen LogP contribution in [0, 0.1) is 0 Å². The van der Waals surface area contributed by atoms with E-state index in [9.17, 15) is 9.59 Å². The van der Waals surface area contributed by atoms with Crippen LogP contribution in [0.3, 0.4) is 0 Å². The van der Waals surface area contributed by atoms with Gasteiger partial charge in [-0.15, -0.1) is 0 Å². The van der Waals surface area contributed by atoms with Crippen LogP contribution in [0.1, 0.15) is 28.6 Å². The van der Waals surface area contributed by atoms with E-state index in [1.807, 2.05) is 12.1 Å². The van der Waals surface area contributed by atoms with Crippen LogP contribution in [0.4, 0.5) is 0 Å². The number of furan rings is 1. The van der Waals surface area contributed by atoms with Gasteiger partial charge in [0.15, 0.2) is 11.5 Å². The molecule has 0 spiro atoms. The molecule has 1 aliphatic rings. The minimum atomic E-state index is -0.582. The number of ether oxygens (including phenoxy) is 4. The Morgan fingerprint density at radius 2 is 1.79 bits per heavy atom. The second kappa shape index (κ2) is 8.26. The van der Waals surface area contributed by atoms with Gasteiger partial charge < -0.3 is 23.4 Å². The largest absolute Gasteiger partial charge is 0.486 e. The van der Waals surface area contributed by atoms with Crippen LogP contribution in [-0.4, -0.2) is 31.8 Å². The molecule has 2 heterocycles. The molecule has 7 heteroatoms.